The zero-order valence-electron chi connectivity index (χ0n) is 10.8. The summed E-state index contributed by atoms with van der Waals surface area (Å²) in [4.78, 5) is 0. The minimum Gasteiger partial charge on any atom is -0.198 e. The van der Waals surface area contributed by atoms with E-state index in [1.165, 1.54) is 44.9 Å². The van der Waals surface area contributed by atoms with Crippen LogP contribution in [-0.4, -0.2) is 0 Å². The Labute approximate surface area is 95.9 Å². The molecule has 0 aromatic heterocycles. The number of hydrogen-bond donors (Lipinski definition) is 0. The first-order valence-electron chi connectivity index (χ1n) is 6.61. The third kappa shape index (κ3) is 5.82. The van der Waals surface area contributed by atoms with Gasteiger partial charge in [-0.25, -0.2) is 0 Å². The van der Waals surface area contributed by atoms with Gasteiger partial charge >= 0.3 is 0 Å². The number of nitrogens with zero attached hydrogens (tertiary/aromatic N) is 1. The molecule has 0 amide bonds. The Morgan fingerprint density at radius 1 is 0.867 bits per heavy atom. The van der Waals surface area contributed by atoms with Crippen molar-refractivity contribution in [1.29, 1.82) is 5.26 Å². The molecule has 0 N–H and O–H groups in total. The molecular formula is C14H27N. The Kier molecular flexibility index (Phi) is 8.47. The van der Waals surface area contributed by atoms with E-state index in [2.05, 4.69) is 26.8 Å². The van der Waals surface area contributed by atoms with Gasteiger partial charge in [0.2, 0.25) is 0 Å². The van der Waals surface area contributed by atoms with Gasteiger partial charge in [-0.3, -0.25) is 0 Å². The number of rotatable bonds is 9. The van der Waals surface area contributed by atoms with Crippen LogP contribution in [0.5, 0.6) is 0 Å². The van der Waals surface area contributed by atoms with E-state index in [-0.39, 0.29) is 0 Å². The van der Waals surface area contributed by atoms with Crippen molar-refractivity contribution in [3.8, 4) is 6.07 Å². The topological polar surface area (TPSA) is 23.8 Å². The molecule has 0 heterocycles. The average molecular weight is 209 g/mol. The van der Waals surface area contributed by atoms with Gasteiger partial charge < -0.3 is 0 Å². The summed E-state index contributed by atoms with van der Waals surface area (Å²) in [7, 11) is 0. The zero-order chi connectivity index (χ0) is 11.6. The van der Waals surface area contributed by atoms with E-state index in [9.17, 15) is 0 Å². The smallest absolute Gasteiger partial charge is 0.0621 e. The lowest BCUT2D eigenvalue weighted by atomic mass is 9.72. The predicted octanol–water partition coefficient (Wildman–Crippen LogP) is 5.07. The Morgan fingerprint density at radius 3 is 1.67 bits per heavy atom. The fourth-order valence-corrected chi connectivity index (χ4v) is 2.88. The molecule has 0 saturated heterocycles. The molecule has 1 nitrogen and oxygen atoms in total. The predicted molar refractivity (Wildman–Crippen MR) is 66.6 cm³/mol. The standard InChI is InChI=1S/C14H27N/c1-4-9-14(10-5-2,11-6-3)12-7-8-13-15/h4-12H2,1-3H3. The summed E-state index contributed by atoms with van der Waals surface area (Å²) in [6, 6.07) is 2.27. The van der Waals surface area contributed by atoms with Crippen molar-refractivity contribution in [1.82, 2.24) is 0 Å². The molecule has 0 rings (SSSR count). The molecule has 0 aromatic rings. The highest BCUT2D eigenvalue weighted by Gasteiger charge is 2.26. The van der Waals surface area contributed by atoms with Crippen LogP contribution in [-0.2, 0) is 0 Å². The van der Waals surface area contributed by atoms with Crippen LogP contribution in [0.3, 0.4) is 0 Å². The lowest BCUT2D eigenvalue weighted by Gasteiger charge is -2.33. The zero-order valence-corrected chi connectivity index (χ0v) is 10.8. The summed E-state index contributed by atoms with van der Waals surface area (Å²) in [5, 5.41) is 8.60. The fraction of sp³-hybridized carbons (Fsp3) is 0.929. The maximum Gasteiger partial charge on any atom is 0.0621 e. The Balaban J connectivity index is 4.25. The molecule has 0 radical (unpaired) electrons. The maximum atomic E-state index is 8.60. The summed E-state index contributed by atoms with van der Waals surface area (Å²) < 4.78 is 0. The second-order valence-corrected chi connectivity index (χ2v) is 4.76. The van der Waals surface area contributed by atoms with Crippen molar-refractivity contribution in [2.24, 2.45) is 5.41 Å². The average Bonchev–Trinajstić information content (AvgIpc) is 2.19. The van der Waals surface area contributed by atoms with Gasteiger partial charge in [0.1, 0.15) is 0 Å². The van der Waals surface area contributed by atoms with E-state index in [4.69, 9.17) is 5.26 Å². The fourth-order valence-electron chi connectivity index (χ4n) is 2.88. The number of nitriles is 1. The number of hydrogen-bond acceptors (Lipinski definition) is 1. The molecule has 88 valence electrons. The van der Waals surface area contributed by atoms with Gasteiger partial charge in [0.05, 0.1) is 6.07 Å². The molecule has 0 aliphatic rings. The summed E-state index contributed by atoms with van der Waals surface area (Å²) in [6.07, 6.45) is 11.0. The van der Waals surface area contributed by atoms with E-state index >= 15 is 0 Å². The van der Waals surface area contributed by atoms with Crippen LogP contribution >= 0.6 is 0 Å². The highest BCUT2D eigenvalue weighted by atomic mass is 14.3. The molecule has 0 saturated carbocycles. The summed E-state index contributed by atoms with van der Waals surface area (Å²) in [5.74, 6) is 0. The molecule has 1 heteroatoms. The summed E-state index contributed by atoms with van der Waals surface area (Å²) in [5.41, 5.74) is 0.551. The molecule has 0 aromatic carbocycles. The molecule has 0 spiro atoms. The van der Waals surface area contributed by atoms with Crippen LogP contribution in [0.25, 0.3) is 0 Å². The normalized spacial score (nSPS) is 11.3. The van der Waals surface area contributed by atoms with E-state index in [0.717, 1.165) is 12.8 Å². The van der Waals surface area contributed by atoms with Crippen molar-refractivity contribution < 1.29 is 0 Å². The van der Waals surface area contributed by atoms with Crippen molar-refractivity contribution in [2.75, 3.05) is 0 Å². The van der Waals surface area contributed by atoms with Crippen LogP contribution in [0.4, 0.5) is 0 Å². The summed E-state index contributed by atoms with van der Waals surface area (Å²) in [6.45, 7) is 6.85. The SMILES string of the molecule is CCCC(CCC)(CCC)CCCC#N. The van der Waals surface area contributed by atoms with E-state index in [1.807, 2.05) is 0 Å². The van der Waals surface area contributed by atoms with Crippen molar-refractivity contribution in [3.05, 3.63) is 0 Å². The van der Waals surface area contributed by atoms with Crippen LogP contribution in [0.15, 0.2) is 0 Å². The molecule has 0 unspecified atom stereocenters. The van der Waals surface area contributed by atoms with Crippen molar-refractivity contribution >= 4 is 0 Å². The Bertz CT molecular complexity index is 161. The second-order valence-electron chi connectivity index (χ2n) is 4.76. The largest absolute Gasteiger partial charge is 0.198 e. The minimum absolute atomic E-state index is 0.551. The van der Waals surface area contributed by atoms with Gasteiger partial charge in [-0.1, -0.05) is 40.0 Å². The van der Waals surface area contributed by atoms with Gasteiger partial charge in [0.15, 0.2) is 0 Å². The summed E-state index contributed by atoms with van der Waals surface area (Å²) >= 11 is 0. The van der Waals surface area contributed by atoms with Crippen LogP contribution in [0.2, 0.25) is 0 Å². The quantitative estimate of drug-likeness (QED) is 0.486. The molecule has 0 fully saturated rings. The molecule has 15 heavy (non-hydrogen) atoms. The van der Waals surface area contributed by atoms with Crippen LogP contribution in [0, 0.1) is 16.7 Å². The molecule has 0 aliphatic carbocycles. The van der Waals surface area contributed by atoms with Gasteiger partial charge in [-0.05, 0) is 37.5 Å². The van der Waals surface area contributed by atoms with E-state index in [0.29, 0.717) is 5.41 Å². The van der Waals surface area contributed by atoms with E-state index < -0.39 is 0 Å². The third-order valence-electron chi connectivity index (χ3n) is 3.34. The first-order chi connectivity index (χ1) is 7.24. The van der Waals surface area contributed by atoms with Gasteiger partial charge in [0, 0.05) is 6.42 Å². The first kappa shape index (κ1) is 14.5. The van der Waals surface area contributed by atoms with Gasteiger partial charge in [0.25, 0.3) is 0 Å². The highest BCUT2D eigenvalue weighted by molar-refractivity contribution is 4.80. The lowest BCUT2D eigenvalue weighted by molar-refractivity contribution is 0.188. The van der Waals surface area contributed by atoms with Gasteiger partial charge in [-0.2, -0.15) is 5.26 Å². The molecular weight excluding hydrogens is 182 g/mol. The molecule has 0 aliphatic heterocycles. The molecule has 0 atom stereocenters. The lowest BCUT2D eigenvalue weighted by Crippen LogP contribution is -2.20. The Hall–Kier alpha value is -0.510. The molecule has 0 bridgehead atoms. The third-order valence-corrected chi connectivity index (χ3v) is 3.34. The Morgan fingerprint density at radius 2 is 1.33 bits per heavy atom. The van der Waals surface area contributed by atoms with Crippen LogP contribution < -0.4 is 0 Å². The van der Waals surface area contributed by atoms with E-state index in [1.54, 1.807) is 0 Å². The van der Waals surface area contributed by atoms with Gasteiger partial charge in [-0.15, -0.1) is 0 Å². The first-order valence-corrected chi connectivity index (χ1v) is 6.61. The highest BCUT2D eigenvalue weighted by Crippen LogP contribution is 2.39. The second kappa shape index (κ2) is 8.77. The van der Waals surface area contributed by atoms with Crippen LogP contribution in [0.1, 0.15) is 78.6 Å². The van der Waals surface area contributed by atoms with Crippen molar-refractivity contribution in [3.63, 3.8) is 0 Å². The number of unbranched alkanes of at least 4 members (excludes halogenated alkanes) is 1. The van der Waals surface area contributed by atoms with Crippen molar-refractivity contribution in [2.45, 2.75) is 78.6 Å². The monoisotopic (exact) mass is 209 g/mol. The maximum absolute atomic E-state index is 8.60. The minimum atomic E-state index is 0.551.